The van der Waals surface area contributed by atoms with Gasteiger partial charge in [-0.05, 0) is 78.9 Å². The maximum atomic E-state index is 5.72. The summed E-state index contributed by atoms with van der Waals surface area (Å²) in [5.74, 6) is 0.773. The normalized spacial score (nSPS) is 12.6. The van der Waals surface area contributed by atoms with Crippen molar-refractivity contribution >= 4 is 46.4 Å². The van der Waals surface area contributed by atoms with Crippen molar-refractivity contribution in [2.24, 2.45) is 0 Å². The number of nitrogens with zero attached hydrogens (tertiary/aromatic N) is 2. The van der Waals surface area contributed by atoms with E-state index >= 15 is 0 Å². The molecule has 0 spiro atoms. The molecule has 0 aliphatic carbocycles. The number of fused-ring (bicyclic) bond motifs is 8. The topological polar surface area (TPSA) is 70.5 Å². The summed E-state index contributed by atoms with van der Waals surface area (Å²) in [7, 11) is 0. The van der Waals surface area contributed by atoms with Gasteiger partial charge in [0.25, 0.3) is 0 Å². The van der Waals surface area contributed by atoms with Gasteiger partial charge in [0.15, 0.2) is 0 Å². The molecule has 6 heterocycles. The molecule has 6 rings (SSSR count). The Balaban J connectivity index is 1.74. The van der Waals surface area contributed by atoms with Gasteiger partial charge in [0.1, 0.15) is 5.76 Å². The van der Waals surface area contributed by atoms with Crippen molar-refractivity contribution in [1.29, 1.82) is 0 Å². The molecule has 138 valence electrons. The van der Waals surface area contributed by atoms with Crippen LogP contribution >= 0.6 is 0 Å². The van der Waals surface area contributed by atoms with Crippen LogP contribution in [0.2, 0.25) is 0 Å². The van der Waals surface area contributed by atoms with Crippen LogP contribution in [0.15, 0.2) is 65.3 Å². The molecule has 5 heteroatoms. The average molecular weight is 376 g/mol. The zero-order valence-electron chi connectivity index (χ0n) is 15.4. The second-order valence-electron chi connectivity index (χ2n) is 7.03. The molecule has 5 nitrogen and oxygen atoms in total. The maximum Gasteiger partial charge on any atom is 0.138 e. The summed E-state index contributed by atoms with van der Waals surface area (Å²) in [5.41, 5.74) is 8.42. The van der Waals surface area contributed by atoms with Crippen LogP contribution in [0, 0.1) is 0 Å². The quantitative estimate of drug-likeness (QED) is 0.374. The Labute approximate surface area is 166 Å². The molecule has 2 N–H and O–H groups in total. The van der Waals surface area contributed by atoms with E-state index in [2.05, 4.69) is 15.0 Å². The van der Waals surface area contributed by atoms with Gasteiger partial charge in [-0.15, -0.1) is 0 Å². The first-order chi connectivity index (χ1) is 14.3. The first kappa shape index (κ1) is 15.9. The molecule has 8 bridgehead atoms. The van der Waals surface area contributed by atoms with E-state index in [1.54, 1.807) is 6.26 Å². The Bertz CT molecular complexity index is 1450. The molecule has 2 aliphatic rings. The fourth-order valence-corrected chi connectivity index (χ4v) is 3.69. The number of hydrogen-bond donors (Lipinski definition) is 2. The van der Waals surface area contributed by atoms with Crippen LogP contribution in [-0.2, 0) is 0 Å². The molecule has 4 aromatic rings. The van der Waals surface area contributed by atoms with Crippen molar-refractivity contribution in [2.45, 2.75) is 0 Å². The molecule has 0 amide bonds. The van der Waals surface area contributed by atoms with Gasteiger partial charge >= 0.3 is 0 Å². The van der Waals surface area contributed by atoms with E-state index in [-0.39, 0.29) is 0 Å². The molecule has 0 fully saturated rings. The predicted molar refractivity (Wildman–Crippen MR) is 117 cm³/mol. The monoisotopic (exact) mass is 376 g/mol. The van der Waals surface area contributed by atoms with Gasteiger partial charge in [-0.1, -0.05) is 0 Å². The van der Waals surface area contributed by atoms with Gasteiger partial charge < -0.3 is 14.4 Å². The largest absolute Gasteiger partial charge is 0.464 e. The summed E-state index contributed by atoms with van der Waals surface area (Å²) in [6.07, 6.45) is 9.75. The van der Waals surface area contributed by atoms with Crippen LogP contribution in [0.25, 0.3) is 57.7 Å². The van der Waals surface area contributed by atoms with E-state index in [1.165, 1.54) is 0 Å². The van der Waals surface area contributed by atoms with Crippen LogP contribution in [0.1, 0.15) is 22.8 Å². The maximum absolute atomic E-state index is 5.72. The van der Waals surface area contributed by atoms with E-state index in [9.17, 15) is 0 Å². The fourth-order valence-electron chi connectivity index (χ4n) is 3.69. The molecule has 2 aliphatic heterocycles. The first-order valence-electron chi connectivity index (χ1n) is 9.41. The van der Waals surface area contributed by atoms with Gasteiger partial charge in [0.2, 0.25) is 0 Å². The van der Waals surface area contributed by atoms with Crippen molar-refractivity contribution < 1.29 is 4.42 Å². The molecule has 0 atom stereocenters. The highest BCUT2D eigenvalue weighted by molar-refractivity contribution is 5.89. The van der Waals surface area contributed by atoms with Crippen LogP contribution in [0.5, 0.6) is 0 Å². The molecule has 0 saturated heterocycles. The van der Waals surface area contributed by atoms with Crippen LogP contribution in [0.3, 0.4) is 0 Å². The fraction of sp³-hybridized carbons (Fsp3) is 0. The third-order valence-electron chi connectivity index (χ3n) is 4.99. The number of rotatable bonds is 1. The Morgan fingerprint density at radius 1 is 0.655 bits per heavy atom. The van der Waals surface area contributed by atoms with Gasteiger partial charge in [-0.25, -0.2) is 9.97 Å². The zero-order chi connectivity index (χ0) is 19.2. The van der Waals surface area contributed by atoms with Crippen LogP contribution in [-0.4, -0.2) is 19.9 Å². The number of aromatic amines is 2. The standard InChI is InChI=1S/C24H16N4O/c1-2-23(29-11-1)24-21-9-7-19(27-21)13-17-5-3-15(25-17)12-16-4-6-18(26-16)14-20-8-10-22(24)28-20/h1-14,25,28H. The summed E-state index contributed by atoms with van der Waals surface area (Å²) in [6.45, 7) is 0. The van der Waals surface area contributed by atoms with Crippen LogP contribution < -0.4 is 0 Å². The number of aromatic nitrogens is 4. The molecular formula is C24H16N4O. The SMILES string of the molecule is C1=Cc2cc3ccc([nH]3)c(-c3ccco3)c3nc(cc4ccc(cc1n2)[nH]4)C=C3. The lowest BCUT2D eigenvalue weighted by molar-refractivity contribution is 0.582. The molecule has 0 saturated carbocycles. The van der Waals surface area contributed by atoms with E-state index in [0.717, 1.165) is 56.2 Å². The number of furan rings is 1. The minimum Gasteiger partial charge on any atom is -0.464 e. The summed E-state index contributed by atoms with van der Waals surface area (Å²) < 4.78 is 5.72. The Hall–Kier alpha value is -4.12. The lowest BCUT2D eigenvalue weighted by atomic mass is 10.1. The molecule has 0 unspecified atom stereocenters. The summed E-state index contributed by atoms with van der Waals surface area (Å²) in [6, 6.07) is 18.1. The van der Waals surface area contributed by atoms with Gasteiger partial charge in [-0.2, -0.15) is 0 Å². The summed E-state index contributed by atoms with van der Waals surface area (Å²) >= 11 is 0. The Kier molecular flexibility index (Phi) is 3.40. The van der Waals surface area contributed by atoms with Crippen molar-refractivity contribution in [3.05, 3.63) is 83.6 Å². The summed E-state index contributed by atoms with van der Waals surface area (Å²) in [4.78, 5) is 16.4. The highest BCUT2D eigenvalue weighted by Gasteiger charge is 2.12. The lowest BCUT2D eigenvalue weighted by Gasteiger charge is -1.98. The van der Waals surface area contributed by atoms with E-state index in [4.69, 9.17) is 9.40 Å². The van der Waals surface area contributed by atoms with Crippen LogP contribution in [0.4, 0.5) is 0 Å². The zero-order valence-corrected chi connectivity index (χ0v) is 15.4. The molecule has 4 aromatic heterocycles. The molecule has 0 radical (unpaired) electrons. The number of H-pyrrole nitrogens is 2. The van der Waals surface area contributed by atoms with Gasteiger partial charge in [-0.3, -0.25) is 0 Å². The minimum atomic E-state index is 0.773. The summed E-state index contributed by atoms with van der Waals surface area (Å²) in [5, 5.41) is 0. The Morgan fingerprint density at radius 3 is 2.03 bits per heavy atom. The van der Waals surface area contributed by atoms with Crippen molar-refractivity contribution in [3.63, 3.8) is 0 Å². The van der Waals surface area contributed by atoms with Gasteiger partial charge in [0.05, 0.1) is 40.1 Å². The van der Waals surface area contributed by atoms with E-state index in [0.29, 0.717) is 0 Å². The van der Waals surface area contributed by atoms with Crippen molar-refractivity contribution in [2.75, 3.05) is 0 Å². The van der Waals surface area contributed by atoms with Crippen molar-refractivity contribution in [1.82, 2.24) is 19.9 Å². The van der Waals surface area contributed by atoms with E-state index < -0.39 is 0 Å². The molecular weight excluding hydrogens is 360 g/mol. The molecule has 29 heavy (non-hydrogen) atoms. The third-order valence-corrected chi connectivity index (χ3v) is 4.99. The number of nitrogens with one attached hydrogen (secondary N) is 2. The van der Waals surface area contributed by atoms with Crippen molar-refractivity contribution in [3.8, 4) is 11.3 Å². The lowest BCUT2D eigenvalue weighted by Crippen LogP contribution is -1.83. The second kappa shape index (κ2) is 6.21. The average Bonchev–Trinajstić information content (AvgIpc) is 3.51. The highest BCUT2D eigenvalue weighted by Crippen LogP contribution is 2.30. The smallest absolute Gasteiger partial charge is 0.138 e. The molecule has 0 aromatic carbocycles. The number of hydrogen-bond acceptors (Lipinski definition) is 3. The first-order valence-corrected chi connectivity index (χ1v) is 9.41. The third kappa shape index (κ3) is 2.89. The highest BCUT2D eigenvalue weighted by atomic mass is 16.3. The predicted octanol–water partition coefficient (Wildman–Crippen LogP) is 5.92. The second-order valence-corrected chi connectivity index (χ2v) is 7.03. The minimum absolute atomic E-state index is 0.773. The van der Waals surface area contributed by atoms with Gasteiger partial charge in [0, 0.05) is 16.6 Å². The Morgan fingerprint density at radius 2 is 1.31 bits per heavy atom. The van der Waals surface area contributed by atoms with E-state index in [1.807, 2.05) is 78.9 Å².